The minimum Gasteiger partial charge on any atom is -0.329 e. The normalized spacial score (nSPS) is 16.0. The zero-order valence-electron chi connectivity index (χ0n) is 13.9. The number of hydrogen-bond donors (Lipinski definition) is 0. The van der Waals surface area contributed by atoms with Crippen LogP contribution in [0.25, 0.3) is 22.2 Å². The van der Waals surface area contributed by atoms with Crippen LogP contribution in [0.3, 0.4) is 0 Å². The molecule has 3 heterocycles. The zero-order valence-corrected chi connectivity index (χ0v) is 13.9. The number of fused-ring (bicyclic) bond motifs is 1. The van der Waals surface area contributed by atoms with Crippen molar-refractivity contribution in [1.29, 1.82) is 0 Å². The fraction of sp³-hybridized carbons (Fsp3) is 0.278. The maximum Gasteiger partial charge on any atom is 0.282 e. The van der Waals surface area contributed by atoms with Gasteiger partial charge in [-0.25, -0.2) is 17.6 Å². The molecule has 0 saturated carbocycles. The largest absolute Gasteiger partial charge is 0.329 e. The number of nitrogens with zero attached hydrogens (tertiary/aromatic N) is 4. The van der Waals surface area contributed by atoms with Crippen molar-refractivity contribution in [3.05, 3.63) is 48.3 Å². The Bertz CT molecular complexity index is 1010. The lowest BCUT2D eigenvalue weighted by Gasteiger charge is -2.38. The van der Waals surface area contributed by atoms with Gasteiger partial charge in [-0.2, -0.15) is 5.10 Å². The van der Waals surface area contributed by atoms with E-state index >= 15 is 0 Å². The van der Waals surface area contributed by atoms with Crippen LogP contribution in [0.1, 0.15) is 12.0 Å². The topological polar surface area (TPSA) is 51.0 Å². The highest BCUT2D eigenvalue weighted by Crippen LogP contribution is 2.28. The van der Waals surface area contributed by atoms with Gasteiger partial charge in [-0.05, 0) is 17.7 Å². The van der Waals surface area contributed by atoms with E-state index in [0.717, 1.165) is 4.90 Å². The second kappa shape index (κ2) is 6.33. The van der Waals surface area contributed by atoms with Crippen LogP contribution in [0.4, 0.5) is 17.6 Å². The first-order valence-electron chi connectivity index (χ1n) is 8.18. The number of alkyl halides is 4. The van der Waals surface area contributed by atoms with Crippen LogP contribution in [-0.2, 0) is 11.3 Å². The second-order valence-electron chi connectivity index (χ2n) is 6.46. The number of rotatable bonds is 4. The number of likely N-dealkylation sites (tertiary alicyclic amines) is 1. The minimum absolute atomic E-state index is 0.102. The molecule has 2 aromatic heterocycles. The van der Waals surface area contributed by atoms with Gasteiger partial charge < -0.3 is 4.90 Å². The van der Waals surface area contributed by atoms with Crippen LogP contribution >= 0.6 is 0 Å². The van der Waals surface area contributed by atoms with Crippen molar-refractivity contribution in [2.45, 2.75) is 18.9 Å². The van der Waals surface area contributed by atoms with Gasteiger partial charge in [-0.15, -0.1) is 0 Å². The summed E-state index contributed by atoms with van der Waals surface area (Å²) in [7, 11) is 0. The molecule has 1 amide bonds. The van der Waals surface area contributed by atoms with Crippen molar-refractivity contribution in [3.63, 3.8) is 0 Å². The molecule has 3 aromatic rings. The number of hydrogen-bond acceptors (Lipinski definition) is 3. The van der Waals surface area contributed by atoms with Crippen LogP contribution in [0.15, 0.2) is 42.7 Å². The summed E-state index contributed by atoms with van der Waals surface area (Å²) in [5.41, 5.74) is 2.09. The number of amides is 1. The van der Waals surface area contributed by atoms with E-state index in [1.54, 1.807) is 12.1 Å². The van der Waals surface area contributed by atoms with Gasteiger partial charge in [0.2, 0.25) is 5.91 Å². The van der Waals surface area contributed by atoms with Crippen molar-refractivity contribution >= 4 is 16.9 Å². The van der Waals surface area contributed by atoms with Crippen molar-refractivity contribution < 1.29 is 22.4 Å². The Kier molecular flexibility index (Phi) is 4.09. The van der Waals surface area contributed by atoms with E-state index in [-0.39, 0.29) is 12.1 Å². The third-order valence-electron chi connectivity index (χ3n) is 4.45. The fourth-order valence-electron chi connectivity index (χ4n) is 3.01. The third kappa shape index (κ3) is 3.36. The third-order valence-corrected chi connectivity index (χ3v) is 4.45. The highest BCUT2D eigenvalue weighted by atomic mass is 19.3. The Morgan fingerprint density at radius 2 is 1.93 bits per heavy atom. The Hall–Kier alpha value is -2.97. The molecule has 0 spiro atoms. The molecule has 0 bridgehead atoms. The SMILES string of the molecule is O=C(Cn1ncc2ncc(-c3cccc(C(F)F)c3)cc21)N1CC(F)(F)C1. The number of pyridine rings is 1. The zero-order chi connectivity index (χ0) is 19.2. The van der Waals surface area contributed by atoms with E-state index in [9.17, 15) is 22.4 Å². The first kappa shape index (κ1) is 17.4. The molecule has 5 nitrogen and oxygen atoms in total. The Morgan fingerprint density at radius 3 is 2.63 bits per heavy atom. The summed E-state index contributed by atoms with van der Waals surface area (Å²) in [4.78, 5) is 17.4. The summed E-state index contributed by atoms with van der Waals surface area (Å²) in [6.07, 6.45) is 0.420. The van der Waals surface area contributed by atoms with Gasteiger partial charge in [0.05, 0.1) is 24.8 Å². The maximum absolute atomic E-state index is 12.9. The number of carbonyl (C=O) groups excluding carboxylic acids is 1. The standard InChI is InChI=1S/C18H14F4N4O/c19-17(20)12-3-1-2-11(4-12)13-5-15-14(23-6-13)7-24-26(15)8-16(27)25-9-18(21,22)10-25/h1-7,17H,8-10H2. The molecule has 27 heavy (non-hydrogen) atoms. The van der Waals surface area contributed by atoms with Crippen LogP contribution in [0.2, 0.25) is 0 Å². The maximum atomic E-state index is 12.9. The lowest BCUT2D eigenvalue weighted by atomic mass is 10.0. The minimum atomic E-state index is -2.83. The molecule has 1 aromatic carbocycles. The first-order valence-corrected chi connectivity index (χ1v) is 8.18. The molecule has 1 aliphatic rings. The van der Waals surface area contributed by atoms with Crippen molar-refractivity contribution in [1.82, 2.24) is 19.7 Å². The highest BCUT2D eigenvalue weighted by Gasteiger charge is 2.46. The summed E-state index contributed by atoms with van der Waals surface area (Å²) in [6.45, 7) is -1.37. The lowest BCUT2D eigenvalue weighted by Crippen LogP contribution is -2.59. The summed E-state index contributed by atoms with van der Waals surface area (Å²) >= 11 is 0. The van der Waals surface area contributed by atoms with Gasteiger partial charge in [0, 0.05) is 17.3 Å². The van der Waals surface area contributed by atoms with Gasteiger partial charge in [-0.3, -0.25) is 14.5 Å². The van der Waals surface area contributed by atoms with Crippen LogP contribution in [0, 0.1) is 0 Å². The van der Waals surface area contributed by atoms with Crippen molar-refractivity contribution in [2.75, 3.05) is 13.1 Å². The molecule has 0 aliphatic carbocycles. The molecule has 1 aliphatic heterocycles. The van der Waals surface area contributed by atoms with Crippen LogP contribution < -0.4 is 0 Å². The number of halogens is 4. The lowest BCUT2D eigenvalue weighted by molar-refractivity contribution is -0.166. The summed E-state index contributed by atoms with van der Waals surface area (Å²) in [5.74, 6) is -3.29. The molecule has 1 fully saturated rings. The van der Waals surface area contributed by atoms with E-state index in [2.05, 4.69) is 10.1 Å². The first-order chi connectivity index (χ1) is 12.8. The molecule has 4 rings (SSSR count). The van der Waals surface area contributed by atoms with E-state index < -0.39 is 31.3 Å². The monoisotopic (exact) mass is 378 g/mol. The van der Waals surface area contributed by atoms with Gasteiger partial charge in [-0.1, -0.05) is 18.2 Å². The molecule has 9 heteroatoms. The molecule has 1 saturated heterocycles. The summed E-state index contributed by atoms with van der Waals surface area (Å²) in [6, 6.07) is 7.62. The quantitative estimate of drug-likeness (QED) is 0.653. The number of carbonyl (C=O) groups is 1. The Labute approximate surface area is 151 Å². The predicted molar refractivity (Wildman–Crippen MR) is 89.4 cm³/mol. The van der Waals surface area contributed by atoms with Gasteiger partial charge in [0.15, 0.2) is 0 Å². The molecule has 0 unspecified atom stereocenters. The van der Waals surface area contributed by atoms with Crippen molar-refractivity contribution in [2.24, 2.45) is 0 Å². The smallest absolute Gasteiger partial charge is 0.282 e. The van der Waals surface area contributed by atoms with E-state index in [0.29, 0.717) is 22.2 Å². The van der Waals surface area contributed by atoms with Crippen LogP contribution in [0.5, 0.6) is 0 Å². The van der Waals surface area contributed by atoms with Gasteiger partial charge >= 0.3 is 0 Å². The molecule has 140 valence electrons. The van der Waals surface area contributed by atoms with E-state index in [1.807, 2.05) is 0 Å². The molecular formula is C18H14F4N4O. The second-order valence-corrected chi connectivity index (χ2v) is 6.46. The Morgan fingerprint density at radius 1 is 1.15 bits per heavy atom. The summed E-state index contributed by atoms with van der Waals surface area (Å²) in [5, 5.41) is 4.09. The van der Waals surface area contributed by atoms with Gasteiger partial charge in [0.25, 0.3) is 12.3 Å². The van der Waals surface area contributed by atoms with Gasteiger partial charge in [0.1, 0.15) is 12.1 Å². The number of benzene rings is 1. The van der Waals surface area contributed by atoms with Crippen LogP contribution in [-0.4, -0.2) is 44.6 Å². The molecule has 0 atom stereocenters. The molecular weight excluding hydrogens is 364 g/mol. The average Bonchev–Trinajstić information content (AvgIpc) is 3.01. The molecule has 0 N–H and O–H groups in total. The fourth-order valence-corrected chi connectivity index (χ4v) is 3.01. The Balaban J connectivity index is 1.62. The predicted octanol–water partition coefficient (Wildman–Crippen LogP) is 3.51. The summed E-state index contributed by atoms with van der Waals surface area (Å²) < 4.78 is 53.1. The van der Waals surface area contributed by atoms with Crippen molar-refractivity contribution in [3.8, 4) is 11.1 Å². The number of aromatic nitrogens is 3. The average molecular weight is 378 g/mol. The highest BCUT2D eigenvalue weighted by molar-refractivity contribution is 5.83. The van der Waals surface area contributed by atoms with E-state index in [4.69, 9.17) is 0 Å². The molecule has 0 radical (unpaired) electrons. The van der Waals surface area contributed by atoms with E-state index in [1.165, 1.54) is 35.3 Å².